The molecule has 2 saturated heterocycles. The van der Waals surface area contributed by atoms with Gasteiger partial charge in [-0.3, -0.25) is 14.6 Å². The summed E-state index contributed by atoms with van der Waals surface area (Å²) in [6.07, 6.45) is -3.92. The van der Waals surface area contributed by atoms with Gasteiger partial charge in [0.25, 0.3) is 0 Å². The zero-order chi connectivity index (χ0) is 17.2. The topological polar surface area (TPSA) is 42.0 Å². The third kappa shape index (κ3) is 4.39. The third-order valence-electron chi connectivity index (χ3n) is 4.32. The fourth-order valence-electron chi connectivity index (χ4n) is 3.10. The van der Waals surface area contributed by atoms with Gasteiger partial charge < -0.3 is 9.47 Å². The number of rotatable bonds is 4. The Kier molecular flexibility index (Phi) is 4.96. The quantitative estimate of drug-likeness (QED) is 0.782. The van der Waals surface area contributed by atoms with Crippen LogP contribution < -0.4 is 4.74 Å². The van der Waals surface area contributed by atoms with E-state index in [4.69, 9.17) is 4.74 Å². The first-order valence-electron chi connectivity index (χ1n) is 7.88. The SMILES string of the molecule is O=C1OCC[C@@H]1N1CCN(Cc2ccc(OC(F)(F)F)cc2)CC1. The summed E-state index contributed by atoms with van der Waals surface area (Å²) in [6, 6.07) is 5.82. The zero-order valence-electron chi connectivity index (χ0n) is 13.1. The van der Waals surface area contributed by atoms with Gasteiger partial charge in [-0.2, -0.15) is 0 Å². The van der Waals surface area contributed by atoms with E-state index in [0.717, 1.165) is 38.2 Å². The van der Waals surface area contributed by atoms with Gasteiger partial charge in [0.05, 0.1) is 6.61 Å². The van der Waals surface area contributed by atoms with Gasteiger partial charge in [0.1, 0.15) is 11.8 Å². The van der Waals surface area contributed by atoms with E-state index in [1.165, 1.54) is 12.1 Å². The van der Waals surface area contributed by atoms with Crippen LogP contribution in [0.2, 0.25) is 0 Å². The molecule has 0 aliphatic carbocycles. The van der Waals surface area contributed by atoms with E-state index in [1.54, 1.807) is 12.1 Å². The van der Waals surface area contributed by atoms with Crippen molar-refractivity contribution in [3.63, 3.8) is 0 Å². The summed E-state index contributed by atoms with van der Waals surface area (Å²) in [5.74, 6) is -0.348. The van der Waals surface area contributed by atoms with E-state index in [-0.39, 0.29) is 17.8 Å². The highest BCUT2D eigenvalue weighted by molar-refractivity contribution is 5.77. The monoisotopic (exact) mass is 344 g/mol. The first-order valence-corrected chi connectivity index (χ1v) is 7.88. The Morgan fingerprint density at radius 2 is 1.79 bits per heavy atom. The Labute approximate surface area is 137 Å². The molecular weight excluding hydrogens is 325 g/mol. The first kappa shape index (κ1) is 17.0. The number of hydrogen-bond donors (Lipinski definition) is 0. The summed E-state index contributed by atoms with van der Waals surface area (Å²) in [6.45, 7) is 4.35. The minimum atomic E-state index is -4.67. The molecule has 2 fully saturated rings. The molecule has 0 N–H and O–H groups in total. The number of cyclic esters (lactones) is 1. The highest BCUT2D eigenvalue weighted by atomic mass is 19.4. The Hall–Kier alpha value is -1.80. The van der Waals surface area contributed by atoms with E-state index in [0.29, 0.717) is 13.2 Å². The molecule has 3 rings (SSSR count). The van der Waals surface area contributed by atoms with Crippen molar-refractivity contribution in [2.24, 2.45) is 0 Å². The summed E-state index contributed by atoms with van der Waals surface area (Å²) in [5, 5.41) is 0. The van der Waals surface area contributed by atoms with E-state index < -0.39 is 6.36 Å². The van der Waals surface area contributed by atoms with Crippen molar-refractivity contribution in [2.45, 2.75) is 25.4 Å². The molecule has 0 saturated carbocycles. The molecule has 132 valence electrons. The highest BCUT2D eigenvalue weighted by Gasteiger charge is 2.34. The molecule has 24 heavy (non-hydrogen) atoms. The van der Waals surface area contributed by atoms with Crippen molar-refractivity contribution in [1.29, 1.82) is 0 Å². The van der Waals surface area contributed by atoms with E-state index in [1.807, 2.05) is 0 Å². The molecule has 2 heterocycles. The van der Waals surface area contributed by atoms with Crippen LogP contribution in [-0.2, 0) is 16.1 Å². The number of halogens is 3. The Bertz CT molecular complexity index is 569. The number of piperazine rings is 1. The second-order valence-corrected chi connectivity index (χ2v) is 5.98. The molecular formula is C16H19F3N2O3. The van der Waals surface area contributed by atoms with Crippen LogP contribution in [0.5, 0.6) is 5.75 Å². The van der Waals surface area contributed by atoms with Gasteiger partial charge in [0.2, 0.25) is 0 Å². The van der Waals surface area contributed by atoms with Gasteiger partial charge in [-0.1, -0.05) is 12.1 Å². The second kappa shape index (κ2) is 6.98. The molecule has 0 spiro atoms. The third-order valence-corrected chi connectivity index (χ3v) is 4.32. The summed E-state index contributed by atoms with van der Waals surface area (Å²) in [4.78, 5) is 16.0. The normalized spacial score (nSPS) is 23.3. The van der Waals surface area contributed by atoms with Crippen LogP contribution in [0.1, 0.15) is 12.0 Å². The van der Waals surface area contributed by atoms with Crippen LogP contribution in [0.15, 0.2) is 24.3 Å². The molecule has 0 radical (unpaired) electrons. The van der Waals surface area contributed by atoms with Crippen molar-refractivity contribution < 1.29 is 27.4 Å². The number of nitrogens with zero attached hydrogens (tertiary/aromatic N) is 2. The Balaban J connectivity index is 1.48. The smallest absolute Gasteiger partial charge is 0.464 e. The lowest BCUT2D eigenvalue weighted by molar-refractivity contribution is -0.274. The van der Waals surface area contributed by atoms with Crippen LogP contribution in [0.4, 0.5) is 13.2 Å². The second-order valence-electron chi connectivity index (χ2n) is 5.98. The van der Waals surface area contributed by atoms with Crippen molar-refractivity contribution >= 4 is 5.97 Å². The van der Waals surface area contributed by atoms with Gasteiger partial charge in [-0.25, -0.2) is 0 Å². The predicted molar refractivity (Wildman–Crippen MR) is 79.3 cm³/mol. The molecule has 0 aromatic heterocycles. The van der Waals surface area contributed by atoms with Crippen molar-refractivity contribution in [3.8, 4) is 5.75 Å². The average molecular weight is 344 g/mol. The number of esters is 1. The molecule has 8 heteroatoms. The van der Waals surface area contributed by atoms with Gasteiger partial charge in [-0.15, -0.1) is 13.2 Å². The molecule has 1 aromatic carbocycles. The maximum atomic E-state index is 12.1. The summed E-state index contributed by atoms with van der Waals surface area (Å²) >= 11 is 0. The number of alkyl halides is 3. The number of carbonyl (C=O) groups excluding carboxylic acids is 1. The number of hydrogen-bond acceptors (Lipinski definition) is 5. The van der Waals surface area contributed by atoms with Crippen molar-refractivity contribution in [3.05, 3.63) is 29.8 Å². The Morgan fingerprint density at radius 3 is 2.33 bits per heavy atom. The number of ether oxygens (including phenoxy) is 2. The van der Waals surface area contributed by atoms with E-state index >= 15 is 0 Å². The number of benzene rings is 1. The molecule has 2 aliphatic rings. The van der Waals surface area contributed by atoms with Gasteiger partial charge in [-0.05, 0) is 17.7 Å². The largest absolute Gasteiger partial charge is 0.573 e. The standard InChI is InChI=1S/C16H19F3N2O3/c17-16(18,19)24-13-3-1-12(2-4-13)11-20-6-8-21(9-7-20)14-5-10-23-15(14)22/h1-4,14H,5-11H2/t14-/m0/s1. The minimum Gasteiger partial charge on any atom is -0.464 e. The maximum absolute atomic E-state index is 12.1. The van der Waals surface area contributed by atoms with E-state index in [2.05, 4.69) is 14.5 Å². The van der Waals surface area contributed by atoms with Gasteiger partial charge >= 0.3 is 12.3 Å². The first-order chi connectivity index (χ1) is 11.4. The molecule has 5 nitrogen and oxygen atoms in total. The Morgan fingerprint density at radius 1 is 1.12 bits per heavy atom. The van der Waals surface area contributed by atoms with Crippen LogP contribution in [0.25, 0.3) is 0 Å². The van der Waals surface area contributed by atoms with Crippen molar-refractivity contribution in [2.75, 3.05) is 32.8 Å². The fraction of sp³-hybridized carbons (Fsp3) is 0.562. The average Bonchev–Trinajstić information content (AvgIpc) is 2.95. The highest BCUT2D eigenvalue weighted by Crippen LogP contribution is 2.23. The predicted octanol–water partition coefficient (Wildman–Crippen LogP) is 2.02. The summed E-state index contributed by atoms with van der Waals surface area (Å²) in [7, 11) is 0. The lowest BCUT2D eigenvalue weighted by Gasteiger charge is -2.36. The van der Waals surface area contributed by atoms with Crippen LogP contribution >= 0.6 is 0 Å². The van der Waals surface area contributed by atoms with Gasteiger partial charge in [0, 0.05) is 39.1 Å². The van der Waals surface area contributed by atoms with Crippen LogP contribution in [0.3, 0.4) is 0 Å². The van der Waals surface area contributed by atoms with Crippen LogP contribution in [0, 0.1) is 0 Å². The fourth-order valence-corrected chi connectivity index (χ4v) is 3.10. The minimum absolute atomic E-state index is 0.119. The lowest BCUT2D eigenvalue weighted by atomic mass is 10.1. The van der Waals surface area contributed by atoms with E-state index in [9.17, 15) is 18.0 Å². The molecule has 1 aromatic rings. The summed E-state index contributed by atoms with van der Waals surface area (Å²) < 4.78 is 45.3. The van der Waals surface area contributed by atoms with Crippen LogP contribution in [-0.4, -0.2) is 61.0 Å². The molecule has 1 atom stereocenters. The maximum Gasteiger partial charge on any atom is 0.573 e. The molecule has 2 aliphatic heterocycles. The molecule has 0 amide bonds. The molecule has 0 unspecified atom stereocenters. The lowest BCUT2D eigenvalue weighted by Crippen LogP contribution is -2.51. The van der Waals surface area contributed by atoms with Crippen molar-refractivity contribution in [1.82, 2.24) is 9.80 Å². The molecule has 0 bridgehead atoms. The number of carbonyl (C=O) groups is 1. The van der Waals surface area contributed by atoms with Gasteiger partial charge in [0.15, 0.2) is 0 Å². The zero-order valence-corrected chi connectivity index (χ0v) is 13.1. The summed E-state index contributed by atoms with van der Waals surface area (Å²) in [5.41, 5.74) is 0.929.